The van der Waals surface area contributed by atoms with Crippen LogP contribution in [0.25, 0.3) is 10.2 Å². The van der Waals surface area contributed by atoms with Gasteiger partial charge in [-0.3, -0.25) is 0 Å². The van der Waals surface area contributed by atoms with Crippen molar-refractivity contribution in [2.45, 2.75) is 0 Å². The van der Waals surface area contributed by atoms with Gasteiger partial charge in [0.1, 0.15) is 0 Å². The number of halogens is 1. The van der Waals surface area contributed by atoms with Gasteiger partial charge in [0.25, 0.3) is 0 Å². The van der Waals surface area contributed by atoms with Crippen molar-refractivity contribution >= 4 is 55.8 Å². The zero-order valence-corrected chi connectivity index (χ0v) is 11.6. The minimum Gasteiger partial charge on any atom is -0.324 e. The highest BCUT2D eigenvalue weighted by Crippen LogP contribution is 2.23. The van der Waals surface area contributed by atoms with E-state index < -0.39 is 0 Å². The lowest BCUT2D eigenvalue weighted by Crippen LogP contribution is -1.96. The monoisotopic (exact) mass is 354 g/mol. The minimum atomic E-state index is 0.606. The van der Waals surface area contributed by atoms with Crippen LogP contribution in [0.4, 0.5) is 11.6 Å². The molecule has 4 nitrogen and oxygen atoms in total. The third-order valence-electron chi connectivity index (χ3n) is 2.21. The molecule has 1 aromatic carbocycles. The van der Waals surface area contributed by atoms with Crippen molar-refractivity contribution in [2.75, 3.05) is 5.32 Å². The number of anilines is 2. The molecule has 6 heteroatoms. The van der Waals surface area contributed by atoms with E-state index in [1.807, 2.05) is 23.7 Å². The van der Waals surface area contributed by atoms with Crippen molar-refractivity contribution < 1.29 is 0 Å². The molecular weight excluding hydrogens is 347 g/mol. The average Bonchev–Trinajstić information content (AvgIpc) is 2.79. The summed E-state index contributed by atoms with van der Waals surface area (Å²) in [7, 11) is 0. The predicted octanol–water partition coefficient (Wildman–Crippen LogP) is 3.43. The molecule has 0 aliphatic heterocycles. The van der Waals surface area contributed by atoms with Crippen LogP contribution in [-0.4, -0.2) is 15.0 Å². The van der Waals surface area contributed by atoms with Crippen LogP contribution in [0, 0.1) is 3.57 Å². The molecule has 2 aromatic heterocycles. The fourth-order valence-corrected chi connectivity index (χ4v) is 2.43. The van der Waals surface area contributed by atoms with Crippen molar-refractivity contribution in [2.24, 2.45) is 0 Å². The maximum Gasteiger partial charge on any atom is 0.227 e. The Labute approximate surface area is 115 Å². The third-order valence-corrected chi connectivity index (χ3v) is 3.56. The van der Waals surface area contributed by atoms with E-state index in [9.17, 15) is 0 Å². The van der Waals surface area contributed by atoms with E-state index in [0.717, 1.165) is 19.5 Å². The number of nitrogens with one attached hydrogen (secondary N) is 1. The molecule has 0 aliphatic rings. The van der Waals surface area contributed by atoms with Crippen LogP contribution in [0.5, 0.6) is 0 Å². The van der Waals surface area contributed by atoms with Crippen molar-refractivity contribution in [3.05, 3.63) is 39.7 Å². The summed E-state index contributed by atoms with van der Waals surface area (Å²) < 4.78 is 2.17. The fraction of sp³-hybridized carbons (Fsp3) is 0. The summed E-state index contributed by atoms with van der Waals surface area (Å²) in [6.45, 7) is 0. The molecule has 84 valence electrons. The number of hydrogen-bond donors (Lipinski definition) is 1. The number of thiazole rings is 1. The number of benzene rings is 1. The first kappa shape index (κ1) is 10.8. The third kappa shape index (κ3) is 2.37. The summed E-state index contributed by atoms with van der Waals surface area (Å²) in [6, 6.07) is 6.01. The molecule has 0 aliphatic carbocycles. The molecule has 0 atom stereocenters. The van der Waals surface area contributed by atoms with Crippen LogP contribution in [0.2, 0.25) is 0 Å². The number of aromatic nitrogens is 3. The van der Waals surface area contributed by atoms with Crippen molar-refractivity contribution in [3.8, 4) is 0 Å². The smallest absolute Gasteiger partial charge is 0.227 e. The van der Waals surface area contributed by atoms with Gasteiger partial charge in [0.15, 0.2) is 0 Å². The maximum absolute atomic E-state index is 4.24. The molecule has 2 heterocycles. The second-order valence-electron chi connectivity index (χ2n) is 3.38. The first-order valence-electron chi connectivity index (χ1n) is 4.89. The van der Waals surface area contributed by atoms with E-state index in [-0.39, 0.29) is 0 Å². The van der Waals surface area contributed by atoms with Gasteiger partial charge >= 0.3 is 0 Å². The van der Waals surface area contributed by atoms with E-state index in [4.69, 9.17) is 0 Å². The van der Waals surface area contributed by atoms with Gasteiger partial charge in [-0.1, -0.05) is 0 Å². The summed E-state index contributed by atoms with van der Waals surface area (Å²) in [5.41, 5.74) is 3.84. The first-order chi connectivity index (χ1) is 8.31. The van der Waals surface area contributed by atoms with Gasteiger partial charge in [0, 0.05) is 21.7 Å². The Kier molecular flexibility index (Phi) is 2.89. The number of fused-ring (bicyclic) bond motifs is 1. The molecular formula is C11H7IN4S. The SMILES string of the molecule is Ic1cnc(Nc2ccc3ncsc3c2)nc1. The average molecular weight is 354 g/mol. The van der Waals surface area contributed by atoms with Gasteiger partial charge in [-0.05, 0) is 40.8 Å². The number of rotatable bonds is 2. The lowest BCUT2D eigenvalue weighted by atomic mass is 10.3. The van der Waals surface area contributed by atoms with Gasteiger partial charge in [0.05, 0.1) is 15.7 Å². The maximum atomic E-state index is 4.24. The van der Waals surface area contributed by atoms with E-state index in [1.54, 1.807) is 23.7 Å². The van der Waals surface area contributed by atoms with Gasteiger partial charge in [-0.15, -0.1) is 11.3 Å². The van der Waals surface area contributed by atoms with Crippen molar-refractivity contribution in [3.63, 3.8) is 0 Å². The second-order valence-corrected chi connectivity index (χ2v) is 5.52. The highest BCUT2D eigenvalue weighted by Gasteiger charge is 2.00. The van der Waals surface area contributed by atoms with Crippen LogP contribution in [0.1, 0.15) is 0 Å². The Balaban J connectivity index is 1.91. The van der Waals surface area contributed by atoms with Crippen molar-refractivity contribution in [1.29, 1.82) is 0 Å². The molecule has 1 N–H and O–H groups in total. The Hall–Kier alpha value is -1.28. The quantitative estimate of drug-likeness (QED) is 0.717. The topological polar surface area (TPSA) is 50.7 Å². The summed E-state index contributed by atoms with van der Waals surface area (Å²) in [6.07, 6.45) is 3.56. The van der Waals surface area contributed by atoms with Crippen LogP contribution in [0.3, 0.4) is 0 Å². The van der Waals surface area contributed by atoms with Crippen LogP contribution in [0.15, 0.2) is 36.1 Å². The van der Waals surface area contributed by atoms with Crippen molar-refractivity contribution in [1.82, 2.24) is 15.0 Å². The van der Waals surface area contributed by atoms with Gasteiger partial charge in [0.2, 0.25) is 5.95 Å². The molecule has 0 fully saturated rings. The molecule has 3 aromatic rings. The number of hydrogen-bond acceptors (Lipinski definition) is 5. The highest BCUT2D eigenvalue weighted by molar-refractivity contribution is 14.1. The molecule has 0 spiro atoms. The molecule has 0 bridgehead atoms. The number of nitrogens with zero attached hydrogens (tertiary/aromatic N) is 3. The van der Waals surface area contributed by atoms with E-state index in [2.05, 4.69) is 42.9 Å². The summed E-state index contributed by atoms with van der Waals surface area (Å²) in [5, 5.41) is 3.17. The summed E-state index contributed by atoms with van der Waals surface area (Å²) in [4.78, 5) is 12.6. The van der Waals surface area contributed by atoms with E-state index in [1.165, 1.54) is 0 Å². The molecule has 17 heavy (non-hydrogen) atoms. The Morgan fingerprint density at radius 1 is 1.12 bits per heavy atom. The standard InChI is InChI=1S/C11H7IN4S/c12-7-4-13-11(14-5-7)16-8-1-2-9-10(3-8)17-6-15-9/h1-6H,(H,13,14,16). The fourth-order valence-electron chi connectivity index (χ4n) is 1.44. The summed E-state index contributed by atoms with van der Waals surface area (Å²) in [5.74, 6) is 0.606. The second kappa shape index (κ2) is 4.53. The normalized spacial score (nSPS) is 10.6. The molecule has 3 rings (SSSR count). The van der Waals surface area contributed by atoms with Crippen LogP contribution < -0.4 is 5.32 Å². The Morgan fingerprint density at radius 3 is 2.76 bits per heavy atom. The van der Waals surface area contributed by atoms with Gasteiger partial charge in [-0.2, -0.15) is 0 Å². The molecule has 0 unspecified atom stereocenters. The summed E-state index contributed by atoms with van der Waals surface area (Å²) >= 11 is 3.80. The van der Waals surface area contributed by atoms with Gasteiger partial charge in [-0.25, -0.2) is 15.0 Å². The zero-order valence-electron chi connectivity index (χ0n) is 8.59. The minimum absolute atomic E-state index is 0.606. The lowest BCUT2D eigenvalue weighted by Gasteiger charge is -2.03. The largest absolute Gasteiger partial charge is 0.324 e. The molecule has 0 radical (unpaired) electrons. The Bertz CT molecular complexity index is 650. The molecule has 0 amide bonds. The Morgan fingerprint density at radius 2 is 1.94 bits per heavy atom. The van der Waals surface area contributed by atoms with Crippen LogP contribution in [-0.2, 0) is 0 Å². The first-order valence-corrected chi connectivity index (χ1v) is 6.85. The molecule has 0 saturated carbocycles. The predicted molar refractivity (Wildman–Crippen MR) is 77.7 cm³/mol. The lowest BCUT2D eigenvalue weighted by molar-refractivity contribution is 1.15. The molecule has 0 saturated heterocycles. The van der Waals surface area contributed by atoms with E-state index in [0.29, 0.717) is 5.95 Å². The van der Waals surface area contributed by atoms with E-state index >= 15 is 0 Å². The van der Waals surface area contributed by atoms with Crippen LogP contribution >= 0.6 is 33.9 Å². The van der Waals surface area contributed by atoms with Gasteiger partial charge < -0.3 is 5.32 Å². The zero-order chi connectivity index (χ0) is 11.7. The highest BCUT2D eigenvalue weighted by atomic mass is 127.